The molecule has 4 nitrogen and oxygen atoms in total. The van der Waals surface area contributed by atoms with Gasteiger partial charge in [-0.1, -0.05) is 13.8 Å². The molecule has 1 aliphatic heterocycles. The average molecular weight is 249 g/mol. The van der Waals surface area contributed by atoms with E-state index in [-0.39, 0.29) is 11.5 Å². The molecule has 4 heteroatoms. The molecule has 1 aromatic carbocycles. The first-order valence-corrected chi connectivity index (χ1v) is 6.38. The smallest absolute Gasteiger partial charge is 0.143 e. The number of anilines is 2. The molecule has 4 N–H and O–H groups in total. The SMILES string of the molecule is COc1cc(N2CC[C@@H](N)C(C)(C)C2)ccc1N. The van der Waals surface area contributed by atoms with Crippen molar-refractivity contribution in [1.29, 1.82) is 0 Å². The number of hydrogen-bond acceptors (Lipinski definition) is 4. The highest BCUT2D eigenvalue weighted by atomic mass is 16.5. The van der Waals surface area contributed by atoms with E-state index in [9.17, 15) is 0 Å². The van der Waals surface area contributed by atoms with E-state index in [1.165, 1.54) is 0 Å². The summed E-state index contributed by atoms with van der Waals surface area (Å²) in [5.41, 5.74) is 14.0. The molecule has 100 valence electrons. The fourth-order valence-electron chi connectivity index (χ4n) is 2.49. The minimum Gasteiger partial charge on any atom is -0.495 e. The summed E-state index contributed by atoms with van der Waals surface area (Å²) >= 11 is 0. The Morgan fingerprint density at radius 2 is 2.11 bits per heavy atom. The largest absolute Gasteiger partial charge is 0.495 e. The van der Waals surface area contributed by atoms with Crippen molar-refractivity contribution in [3.63, 3.8) is 0 Å². The molecule has 0 aromatic heterocycles. The van der Waals surface area contributed by atoms with Crippen LogP contribution in [-0.4, -0.2) is 26.2 Å². The van der Waals surface area contributed by atoms with E-state index in [2.05, 4.69) is 18.7 Å². The fraction of sp³-hybridized carbons (Fsp3) is 0.571. The number of hydrogen-bond donors (Lipinski definition) is 2. The second-order valence-electron chi connectivity index (χ2n) is 5.73. The summed E-state index contributed by atoms with van der Waals surface area (Å²) < 4.78 is 5.27. The zero-order valence-electron chi connectivity index (χ0n) is 11.4. The predicted molar refractivity (Wildman–Crippen MR) is 76.0 cm³/mol. The lowest BCUT2D eigenvalue weighted by atomic mass is 9.79. The summed E-state index contributed by atoms with van der Waals surface area (Å²) in [6, 6.07) is 6.22. The third kappa shape index (κ3) is 2.38. The van der Waals surface area contributed by atoms with E-state index in [4.69, 9.17) is 16.2 Å². The number of nitrogen functional groups attached to an aromatic ring is 1. The highest BCUT2D eigenvalue weighted by molar-refractivity contribution is 5.62. The van der Waals surface area contributed by atoms with Gasteiger partial charge in [-0.05, 0) is 24.0 Å². The van der Waals surface area contributed by atoms with Crippen LogP contribution in [0.5, 0.6) is 5.75 Å². The Morgan fingerprint density at radius 3 is 2.72 bits per heavy atom. The molecule has 1 heterocycles. The second-order valence-corrected chi connectivity index (χ2v) is 5.73. The van der Waals surface area contributed by atoms with Gasteiger partial charge >= 0.3 is 0 Å². The van der Waals surface area contributed by atoms with Gasteiger partial charge in [-0.2, -0.15) is 0 Å². The van der Waals surface area contributed by atoms with Crippen molar-refractivity contribution >= 4 is 11.4 Å². The predicted octanol–water partition coefficient (Wildman–Crippen LogP) is 1.84. The molecule has 0 unspecified atom stereocenters. The highest BCUT2D eigenvalue weighted by Gasteiger charge is 2.33. The first kappa shape index (κ1) is 13.0. The summed E-state index contributed by atoms with van der Waals surface area (Å²) in [5, 5.41) is 0. The third-order valence-corrected chi connectivity index (χ3v) is 3.89. The Bertz CT molecular complexity index is 431. The number of ether oxygens (including phenoxy) is 1. The Balaban J connectivity index is 2.22. The van der Waals surface area contributed by atoms with Crippen LogP contribution in [0.15, 0.2) is 18.2 Å². The number of piperidine rings is 1. The summed E-state index contributed by atoms with van der Waals surface area (Å²) in [4.78, 5) is 2.35. The normalized spacial score (nSPS) is 22.9. The molecule has 1 fully saturated rings. The molecule has 0 radical (unpaired) electrons. The molecule has 1 saturated heterocycles. The topological polar surface area (TPSA) is 64.5 Å². The van der Waals surface area contributed by atoms with Crippen molar-refractivity contribution in [3.05, 3.63) is 18.2 Å². The van der Waals surface area contributed by atoms with Gasteiger partial charge in [0.25, 0.3) is 0 Å². The molecule has 1 aliphatic rings. The number of nitrogens with two attached hydrogens (primary N) is 2. The first-order chi connectivity index (χ1) is 8.44. The number of rotatable bonds is 2. The minimum absolute atomic E-state index is 0.132. The Hall–Kier alpha value is -1.42. The first-order valence-electron chi connectivity index (χ1n) is 6.38. The van der Waals surface area contributed by atoms with Crippen molar-refractivity contribution < 1.29 is 4.74 Å². The maximum atomic E-state index is 6.16. The molecule has 2 rings (SSSR count). The standard InChI is InChI=1S/C14H23N3O/c1-14(2)9-17(7-6-13(14)16)10-4-5-11(15)12(8-10)18-3/h4-5,8,13H,6-7,9,15-16H2,1-3H3/t13-/m1/s1. The van der Waals surface area contributed by atoms with E-state index in [1.807, 2.05) is 18.2 Å². The van der Waals surface area contributed by atoms with Crippen LogP contribution in [0.25, 0.3) is 0 Å². The summed E-state index contributed by atoms with van der Waals surface area (Å²) in [6.45, 7) is 6.38. The summed E-state index contributed by atoms with van der Waals surface area (Å²) in [5.74, 6) is 0.736. The summed E-state index contributed by atoms with van der Waals surface area (Å²) in [6.07, 6.45) is 1.01. The molecule has 1 aromatic rings. The van der Waals surface area contributed by atoms with Crippen molar-refractivity contribution in [1.82, 2.24) is 0 Å². The fourth-order valence-corrected chi connectivity index (χ4v) is 2.49. The maximum absolute atomic E-state index is 6.16. The molecular formula is C14H23N3O. The molecule has 0 saturated carbocycles. The van der Waals surface area contributed by atoms with Gasteiger partial charge in [0.15, 0.2) is 0 Å². The second kappa shape index (κ2) is 4.69. The van der Waals surface area contributed by atoms with Gasteiger partial charge in [0.1, 0.15) is 5.75 Å². The lowest BCUT2D eigenvalue weighted by Crippen LogP contribution is -2.52. The van der Waals surface area contributed by atoms with E-state index in [1.54, 1.807) is 7.11 Å². The summed E-state index contributed by atoms with van der Waals surface area (Å²) in [7, 11) is 1.64. The molecule has 0 bridgehead atoms. The zero-order chi connectivity index (χ0) is 13.3. The molecule has 0 aliphatic carbocycles. The molecular weight excluding hydrogens is 226 g/mol. The monoisotopic (exact) mass is 249 g/mol. The van der Waals surface area contributed by atoms with Crippen molar-refractivity contribution in [3.8, 4) is 5.75 Å². The Kier molecular flexibility index (Phi) is 3.39. The van der Waals surface area contributed by atoms with E-state index < -0.39 is 0 Å². The zero-order valence-corrected chi connectivity index (χ0v) is 11.4. The average Bonchev–Trinajstić information content (AvgIpc) is 2.33. The lowest BCUT2D eigenvalue weighted by molar-refractivity contribution is 0.245. The van der Waals surface area contributed by atoms with Gasteiger partial charge < -0.3 is 21.1 Å². The van der Waals surface area contributed by atoms with Gasteiger partial charge in [0.2, 0.25) is 0 Å². The van der Waals surface area contributed by atoms with Crippen LogP contribution in [0.4, 0.5) is 11.4 Å². The van der Waals surface area contributed by atoms with Crippen LogP contribution in [0.1, 0.15) is 20.3 Å². The van der Waals surface area contributed by atoms with Crippen molar-refractivity contribution in [2.45, 2.75) is 26.3 Å². The van der Waals surface area contributed by atoms with Crippen molar-refractivity contribution in [2.75, 3.05) is 30.8 Å². The third-order valence-electron chi connectivity index (χ3n) is 3.89. The minimum atomic E-state index is 0.132. The van der Waals surface area contributed by atoms with Crippen LogP contribution in [-0.2, 0) is 0 Å². The van der Waals surface area contributed by atoms with E-state index in [0.717, 1.165) is 30.9 Å². The van der Waals surface area contributed by atoms with Crippen LogP contribution in [0.2, 0.25) is 0 Å². The van der Waals surface area contributed by atoms with Crippen LogP contribution in [0, 0.1) is 5.41 Å². The Labute approximate surface area is 109 Å². The van der Waals surface area contributed by atoms with Gasteiger partial charge in [-0.15, -0.1) is 0 Å². The highest BCUT2D eigenvalue weighted by Crippen LogP contribution is 2.33. The molecule has 1 atom stereocenters. The lowest BCUT2D eigenvalue weighted by Gasteiger charge is -2.43. The van der Waals surface area contributed by atoms with Crippen LogP contribution >= 0.6 is 0 Å². The van der Waals surface area contributed by atoms with E-state index in [0.29, 0.717) is 5.69 Å². The molecule has 0 amide bonds. The van der Waals surface area contributed by atoms with Gasteiger partial charge in [-0.3, -0.25) is 0 Å². The van der Waals surface area contributed by atoms with Crippen molar-refractivity contribution in [2.24, 2.45) is 11.1 Å². The number of benzene rings is 1. The Morgan fingerprint density at radius 1 is 1.39 bits per heavy atom. The quantitative estimate of drug-likeness (QED) is 0.785. The maximum Gasteiger partial charge on any atom is 0.143 e. The number of nitrogens with zero attached hydrogens (tertiary/aromatic N) is 1. The van der Waals surface area contributed by atoms with Gasteiger partial charge in [0, 0.05) is 30.9 Å². The molecule has 0 spiro atoms. The van der Waals surface area contributed by atoms with Crippen LogP contribution < -0.4 is 21.1 Å². The van der Waals surface area contributed by atoms with E-state index >= 15 is 0 Å². The van der Waals surface area contributed by atoms with Crippen LogP contribution in [0.3, 0.4) is 0 Å². The number of methoxy groups -OCH3 is 1. The van der Waals surface area contributed by atoms with Gasteiger partial charge in [-0.25, -0.2) is 0 Å². The molecule has 18 heavy (non-hydrogen) atoms. The van der Waals surface area contributed by atoms with Gasteiger partial charge in [0.05, 0.1) is 12.8 Å².